The van der Waals surface area contributed by atoms with E-state index in [2.05, 4.69) is 72.7 Å². The van der Waals surface area contributed by atoms with E-state index in [0.29, 0.717) is 5.57 Å². The highest BCUT2D eigenvalue weighted by Gasteiger charge is 2.49. The van der Waals surface area contributed by atoms with Crippen LogP contribution in [-0.4, -0.2) is 57.6 Å². The maximum Gasteiger partial charge on any atom is 0.330 e. The van der Waals surface area contributed by atoms with Crippen molar-refractivity contribution in [1.82, 2.24) is 9.55 Å². The summed E-state index contributed by atoms with van der Waals surface area (Å²) in [6, 6.07) is 1.27. The molecule has 0 amide bonds. The molecule has 2 heterocycles. The number of aromatic nitrogens is 2. The summed E-state index contributed by atoms with van der Waals surface area (Å²) in [4.78, 5) is 39.4. The summed E-state index contributed by atoms with van der Waals surface area (Å²) in [5.41, 5.74) is -0.547. The molecular formula is C25H44N2O7Si2. The van der Waals surface area contributed by atoms with Crippen molar-refractivity contribution >= 4 is 22.6 Å². The number of carbonyl (C=O) groups excluding carboxylic acids is 1. The van der Waals surface area contributed by atoms with Gasteiger partial charge in [0.2, 0.25) is 0 Å². The maximum absolute atomic E-state index is 12.8. The van der Waals surface area contributed by atoms with Gasteiger partial charge in [0.1, 0.15) is 12.2 Å². The van der Waals surface area contributed by atoms with Gasteiger partial charge < -0.3 is 18.3 Å². The molecule has 3 atom stereocenters. The third-order valence-corrected chi connectivity index (χ3v) is 16.5. The quantitative estimate of drug-likeness (QED) is 0.297. The summed E-state index contributed by atoms with van der Waals surface area (Å²) in [5, 5.41) is -0.165. The summed E-state index contributed by atoms with van der Waals surface area (Å²) in [6.07, 6.45) is 0.538. The molecule has 1 aromatic rings. The minimum Gasteiger partial charge on any atom is -0.463 e. The molecular weight excluding hydrogens is 496 g/mol. The molecule has 0 saturated carbocycles. The van der Waals surface area contributed by atoms with Crippen molar-refractivity contribution in [2.75, 3.05) is 13.2 Å². The predicted octanol–water partition coefficient (Wildman–Crippen LogP) is 4.34. The van der Waals surface area contributed by atoms with E-state index in [1.165, 1.54) is 22.9 Å². The largest absolute Gasteiger partial charge is 0.463 e. The Balaban J connectivity index is 2.62. The first kappa shape index (κ1) is 30.4. The van der Waals surface area contributed by atoms with E-state index < -0.39 is 52.3 Å². The topological polar surface area (TPSA) is 109 Å². The summed E-state index contributed by atoms with van der Waals surface area (Å²) < 4.78 is 26.2. The SMILES string of the molecule is CCOC(=O)/C=C1\[C@@H](O[Si](C)(C)C(C)(C)C)[C@H](n2ccc(=O)[nH]c2=O)O[C@@H]1CO[Si](C)(C)C(C)(C)C. The van der Waals surface area contributed by atoms with Gasteiger partial charge in [0, 0.05) is 18.3 Å². The lowest BCUT2D eigenvalue weighted by Gasteiger charge is -2.39. The van der Waals surface area contributed by atoms with Gasteiger partial charge >= 0.3 is 11.7 Å². The Hall–Kier alpha value is -1.80. The van der Waals surface area contributed by atoms with Gasteiger partial charge in [-0.2, -0.15) is 0 Å². The Morgan fingerprint density at radius 2 is 1.67 bits per heavy atom. The van der Waals surface area contributed by atoms with Gasteiger partial charge in [0.05, 0.1) is 13.2 Å². The molecule has 0 aromatic carbocycles. The smallest absolute Gasteiger partial charge is 0.330 e. The van der Waals surface area contributed by atoms with Gasteiger partial charge in [0.25, 0.3) is 5.56 Å². The molecule has 1 aliphatic rings. The molecule has 11 heteroatoms. The van der Waals surface area contributed by atoms with Crippen molar-refractivity contribution in [2.45, 2.75) is 103 Å². The Morgan fingerprint density at radius 1 is 1.08 bits per heavy atom. The van der Waals surface area contributed by atoms with Crippen LogP contribution in [0.4, 0.5) is 0 Å². The van der Waals surface area contributed by atoms with Crippen LogP contribution in [0.5, 0.6) is 0 Å². The molecule has 1 saturated heterocycles. The first-order valence-corrected chi connectivity index (χ1v) is 18.3. The molecule has 9 nitrogen and oxygen atoms in total. The van der Waals surface area contributed by atoms with Crippen molar-refractivity contribution in [2.24, 2.45) is 0 Å². The van der Waals surface area contributed by atoms with Crippen LogP contribution in [0.2, 0.25) is 36.3 Å². The molecule has 204 valence electrons. The first-order chi connectivity index (χ1) is 16.3. The number of nitrogens with one attached hydrogen (secondary N) is 1. The van der Waals surface area contributed by atoms with Gasteiger partial charge in [-0.3, -0.25) is 14.3 Å². The van der Waals surface area contributed by atoms with Crippen LogP contribution in [0, 0.1) is 0 Å². The van der Waals surface area contributed by atoms with Gasteiger partial charge in [-0.05, 0) is 48.8 Å². The number of ether oxygens (including phenoxy) is 2. The normalized spacial score (nSPS) is 22.8. The van der Waals surface area contributed by atoms with E-state index in [1.54, 1.807) is 6.92 Å². The van der Waals surface area contributed by atoms with Gasteiger partial charge in [0.15, 0.2) is 22.9 Å². The van der Waals surface area contributed by atoms with Gasteiger partial charge in [-0.25, -0.2) is 9.59 Å². The van der Waals surface area contributed by atoms with Crippen LogP contribution in [-0.2, 0) is 23.1 Å². The summed E-state index contributed by atoms with van der Waals surface area (Å²) in [7, 11) is -4.54. The van der Waals surface area contributed by atoms with E-state index in [1.807, 2.05) is 0 Å². The van der Waals surface area contributed by atoms with Crippen molar-refractivity contribution in [3.8, 4) is 0 Å². The second-order valence-corrected chi connectivity index (χ2v) is 21.9. The van der Waals surface area contributed by atoms with Crippen molar-refractivity contribution in [3.63, 3.8) is 0 Å². The molecule has 0 radical (unpaired) electrons. The number of carbonyl (C=O) groups is 1. The maximum atomic E-state index is 12.8. The van der Waals surface area contributed by atoms with E-state index >= 15 is 0 Å². The fourth-order valence-corrected chi connectivity index (χ4v) is 5.50. The Kier molecular flexibility index (Phi) is 9.21. The lowest BCUT2D eigenvalue weighted by Crippen LogP contribution is -2.47. The van der Waals surface area contributed by atoms with E-state index in [-0.39, 0.29) is 23.3 Å². The number of H-pyrrole nitrogens is 1. The standard InChI is InChI=1S/C25H44N2O7Si2/c1-12-31-20(29)15-17-18(16-32-35(8,9)24(2,3)4)33-22(27-14-13-19(28)26-23(27)30)21(17)34-36(10,11)25(5,6)7/h13-15,18,21-22H,12,16H2,1-11H3,(H,26,28,30)/b17-15-/t18-,21-,22-/m1/s1. The fraction of sp³-hybridized carbons (Fsp3) is 0.720. The highest BCUT2D eigenvalue weighted by Crippen LogP contribution is 2.44. The minimum absolute atomic E-state index is 0.0249. The zero-order chi connectivity index (χ0) is 27.7. The van der Waals surface area contributed by atoms with Crippen LogP contribution >= 0.6 is 0 Å². The summed E-state index contributed by atoms with van der Waals surface area (Å²) >= 11 is 0. The molecule has 0 unspecified atom stereocenters. The number of hydrogen-bond acceptors (Lipinski definition) is 7. The zero-order valence-electron chi connectivity index (χ0n) is 23.7. The summed E-state index contributed by atoms with van der Waals surface area (Å²) in [6.45, 7) is 23.4. The third-order valence-electron chi connectivity index (χ3n) is 7.59. The van der Waals surface area contributed by atoms with Crippen molar-refractivity contribution < 1.29 is 23.1 Å². The molecule has 1 fully saturated rings. The average molecular weight is 541 g/mol. The average Bonchev–Trinajstić information content (AvgIpc) is 3.01. The third kappa shape index (κ3) is 6.94. The van der Waals surface area contributed by atoms with Crippen molar-refractivity contribution in [3.05, 3.63) is 44.8 Å². The highest BCUT2D eigenvalue weighted by atomic mass is 28.4. The highest BCUT2D eigenvalue weighted by molar-refractivity contribution is 6.74. The predicted molar refractivity (Wildman–Crippen MR) is 145 cm³/mol. The minimum atomic E-state index is -2.40. The van der Waals surface area contributed by atoms with E-state index in [9.17, 15) is 14.4 Å². The molecule has 0 bridgehead atoms. The van der Waals surface area contributed by atoms with Crippen LogP contribution < -0.4 is 11.2 Å². The first-order valence-electron chi connectivity index (χ1n) is 12.5. The van der Waals surface area contributed by atoms with Crippen LogP contribution in [0.1, 0.15) is 54.7 Å². The van der Waals surface area contributed by atoms with Gasteiger partial charge in [-0.15, -0.1) is 0 Å². The molecule has 1 aliphatic heterocycles. The number of aromatic amines is 1. The van der Waals surface area contributed by atoms with Gasteiger partial charge in [-0.1, -0.05) is 41.5 Å². The number of nitrogens with zero attached hydrogens (tertiary/aromatic N) is 1. The monoisotopic (exact) mass is 540 g/mol. The lowest BCUT2D eigenvalue weighted by molar-refractivity contribution is -0.137. The zero-order valence-corrected chi connectivity index (χ0v) is 25.7. The molecule has 0 aliphatic carbocycles. The second kappa shape index (κ2) is 10.9. The molecule has 1 aromatic heterocycles. The van der Waals surface area contributed by atoms with Crippen LogP contribution in [0.3, 0.4) is 0 Å². The number of hydrogen-bond donors (Lipinski definition) is 1. The molecule has 2 rings (SSSR count). The van der Waals surface area contributed by atoms with Crippen molar-refractivity contribution in [1.29, 1.82) is 0 Å². The Labute approximate surface area is 216 Å². The van der Waals surface area contributed by atoms with Crippen LogP contribution in [0.15, 0.2) is 33.5 Å². The fourth-order valence-electron chi connectivity index (χ4n) is 3.26. The Bertz CT molecular complexity index is 1080. The lowest BCUT2D eigenvalue weighted by atomic mass is 10.1. The number of esters is 1. The molecule has 36 heavy (non-hydrogen) atoms. The molecule has 0 spiro atoms. The summed E-state index contributed by atoms with van der Waals surface area (Å²) in [5.74, 6) is -0.508. The second-order valence-electron chi connectivity index (χ2n) is 12.3. The molecule has 1 N–H and O–H groups in total. The number of rotatable bonds is 8. The van der Waals surface area contributed by atoms with E-state index in [0.717, 1.165) is 0 Å². The van der Waals surface area contributed by atoms with Crippen LogP contribution in [0.25, 0.3) is 0 Å². The Morgan fingerprint density at radius 3 is 2.17 bits per heavy atom. The van der Waals surface area contributed by atoms with E-state index in [4.69, 9.17) is 18.3 Å².